The molecule has 0 aliphatic rings. The summed E-state index contributed by atoms with van der Waals surface area (Å²) in [6.45, 7) is 4.11. The molecule has 80 valence electrons. The average molecular weight is 223 g/mol. The number of aromatic nitrogens is 1. The fraction of sp³-hybridized carbons (Fsp3) is 0.333. The molecule has 1 aromatic heterocycles. The lowest BCUT2D eigenvalue weighted by Crippen LogP contribution is -2.11. The summed E-state index contributed by atoms with van der Waals surface area (Å²) in [7, 11) is 2.03. The summed E-state index contributed by atoms with van der Waals surface area (Å²) >= 11 is 5.99. The van der Waals surface area contributed by atoms with Crippen LogP contribution in [0.4, 0.5) is 0 Å². The minimum absolute atomic E-state index is 0.0428. The molecular weight excluding hydrogens is 208 g/mol. The first-order valence-electron chi connectivity index (χ1n) is 5.02. The highest BCUT2D eigenvalue weighted by Crippen LogP contribution is 2.29. The van der Waals surface area contributed by atoms with Crippen LogP contribution in [0.5, 0.6) is 0 Å². The molecule has 2 N–H and O–H groups in total. The molecule has 0 aliphatic carbocycles. The van der Waals surface area contributed by atoms with Gasteiger partial charge in [-0.2, -0.15) is 0 Å². The lowest BCUT2D eigenvalue weighted by Gasteiger charge is -2.08. The summed E-state index contributed by atoms with van der Waals surface area (Å²) in [4.78, 5) is 0. The van der Waals surface area contributed by atoms with Gasteiger partial charge in [0.15, 0.2) is 0 Å². The van der Waals surface area contributed by atoms with Gasteiger partial charge in [-0.15, -0.1) is 0 Å². The van der Waals surface area contributed by atoms with Crippen molar-refractivity contribution in [1.29, 1.82) is 0 Å². The lowest BCUT2D eigenvalue weighted by molar-refractivity contribution is 0.720. The van der Waals surface area contributed by atoms with Crippen molar-refractivity contribution in [3.05, 3.63) is 34.5 Å². The lowest BCUT2D eigenvalue weighted by atomic mass is 10.1. The summed E-state index contributed by atoms with van der Waals surface area (Å²) in [5.74, 6) is 0. The Bertz CT molecular complexity index is 512. The van der Waals surface area contributed by atoms with Gasteiger partial charge in [-0.3, -0.25) is 0 Å². The Morgan fingerprint density at radius 1 is 1.40 bits per heavy atom. The van der Waals surface area contributed by atoms with Gasteiger partial charge in [0.25, 0.3) is 0 Å². The summed E-state index contributed by atoms with van der Waals surface area (Å²) in [5.41, 5.74) is 9.53. The number of nitrogens with two attached hydrogens (primary N) is 1. The molecule has 0 fully saturated rings. The second kappa shape index (κ2) is 3.54. The van der Waals surface area contributed by atoms with Crippen LogP contribution < -0.4 is 5.73 Å². The Hall–Kier alpha value is -0.990. The maximum Gasteiger partial charge on any atom is 0.0498 e. The van der Waals surface area contributed by atoms with Gasteiger partial charge in [-0.05, 0) is 31.5 Å². The van der Waals surface area contributed by atoms with E-state index in [0.717, 1.165) is 10.5 Å². The van der Waals surface area contributed by atoms with Crippen molar-refractivity contribution in [3.8, 4) is 0 Å². The number of hydrogen-bond acceptors (Lipinski definition) is 1. The van der Waals surface area contributed by atoms with Crippen molar-refractivity contribution >= 4 is 22.5 Å². The van der Waals surface area contributed by atoms with Gasteiger partial charge in [-0.25, -0.2) is 0 Å². The molecule has 2 rings (SSSR count). The highest BCUT2D eigenvalue weighted by molar-refractivity contribution is 6.31. The molecule has 1 aromatic carbocycles. The van der Waals surface area contributed by atoms with Gasteiger partial charge in [0.1, 0.15) is 0 Å². The number of rotatable bonds is 1. The largest absolute Gasteiger partial charge is 0.346 e. The minimum Gasteiger partial charge on any atom is -0.346 e. The van der Waals surface area contributed by atoms with Crippen LogP contribution in [0.3, 0.4) is 0 Å². The fourth-order valence-corrected chi connectivity index (χ4v) is 2.43. The van der Waals surface area contributed by atoms with Crippen LogP contribution in [0.1, 0.15) is 24.2 Å². The number of nitrogens with zero attached hydrogens (tertiary/aromatic N) is 1. The van der Waals surface area contributed by atoms with Gasteiger partial charge >= 0.3 is 0 Å². The molecule has 0 saturated carbocycles. The zero-order valence-corrected chi connectivity index (χ0v) is 9.97. The van der Waals surface area contributed by atoms with E-state index in [1.54, 1.807) is 0 Å². The third-order valence-electron chi connectivity index (χ3n) is 2.90. The maximum atomic E-state index is 5.99. The van der Waals surface area contributed by atoms with E-state index < -0.39 is 0 Å². The SMILES string of the molecule is Cc1c(C(C)N)n(C)c2cc(Cl)ccc12. The average Bonchev–Trinajstić information content (AvgIpc) is 2.39. The highest BCUT2D eigenvalue weighted by atomic mass is 35.5. The Balaban J connectivity index is 2.85. The van der Waals surface area contributed by atoms with Crippen molar-refractivity contribution in [2.24, 2.45) is 12.8 Å². The summed E-state index contributed by atoms with van der Waals surface area (Å²) in [6.07, 6.45) is 0. The molecule has 0 amide bonds. The van der Waals surface area contributed by atoms with Gasteiger partial charge in [0.2, 0.25) is 0 Å². The number of aryl methyl sites for hydroxylation is 2. The molecule has 1 unspecified atom stereocenters. The van der Waals surface area contributed by atoms with Crippen molar-refractivity contribution in [1.82, 2.24) is 4.57 Å². The highest BCUT2D eigenvalue weighted by Gasteiger charge is 2.14. The van der Waals surface area contributed by atoms with Crippen molar-refractivity contribution in [2.45, 2.75) is 19.9 Å². The normalized spacial score (nSPS) is 13.4. The van der Waals surface area contributed by atoms with E-state index in [1.807, 2.05) is 26.1 Å². The quantitative estimate of drug-likeness (QED) is 0.790. The van der Waals surface area contributed by atoms with Crippen LogP contribution in [0.2, 0.25) is 5.02 Å². The first-order chi connectivity index (χ1) is 7.02. The van der Waals surface area contributed by atoms with E-state index in [4.69, 9.17) is 17.3 Å². The number of hydrogen-bond donors (Lipinski definition) is 1. The molecule has 0 bridgehead atoms. The first-order valence-corrected chi connectivity index (χ1v) is 5.40. The van der Waals surface area contributed by atoms with Crippen LogP contribution in [0.25, 0.3) is 10.9 Å². The van der Waals surface area contributed by atoms with Crippen LogP contribution in [0, 0.1) is 6.92 Å². The predicted octanol–water partition coefficient (Wildman–Crippen LogP) is 3.16. The Morgan fingerprint density at radius 3 is 2.67 bits per heavy atom. The third-order valence-corrected chi connectivity index (χ3v) is 3.14. The second-order valence-electron chi connectivity index (χ2n) is 4.02. The van der Waals surface area contributed by atoms with E-state index in [9.17, 15) is 0 Å². The van der Waals surface area contributed by atoms with E-state index in [0.29, 0.717) is 0 Å². The molecule has 15 heavy (non-hydrogen) atoms. The second-order valence-corrected chi connectivity index (χ2v) is 4.46. The number of fused-ring (bicyclic) bond motifs is 1. The Labute approximate surface area is 94.6 Å². The van der Waals surface area contributed by atoms with E-state index in [2.05, 4.69) is 17.6 Å². The zero-order chi connectivity index (χ0) is 11.2. The van der Waals surface area contributed by atoms with Crippen LogP contribution in [-0.2, 0) is 7.05 Å². The minimum atomic E-state index is 0.0428. The van der Waals surface area contributed by atoms with E-state index in [-0.39, 0.29) is 6.04 Å². The topological polar surface area (TPSA) is 30.9 Å². The Kier molecular flexibility index (Phi) is 2.49. The molecule has 0 spiro atoms. The monoisotopic (exact) mass is 222 g/mol. The molecule has 1 heterocycles. The molecule has 0 radical (unpaired) electrons. The molecule has 2 aromatic rings. The van der Waals surface area contributed by atoms with Gasteiger partial charge in [0, 0.05) is 34.7 Å². The summed E-state index contributed by atoms with van der Waals surface area (Å²) in [5, 5.41) is 1.99. The van der Waals surface area contributed by atoms with Crippen LogP contribution in [-0.4, -0.2) is 4.57 Å². The van der Waals surface area contributed by atoms with E-state index >= 15 is 0 Å². The van der Waals surface area contributed by atoms with Crippen LogP contribution in [0.15, 0.2) is 18.2 Å². The Morgan fingerprint density at radius 2 is 2.07 bits per heavy atom. The number of halogens is 1. The molecule has 0 saturated heterocycles. The van der Waals surface area contributed by atoms with Crippen molar-refractivity contribution in [2.75, 3.05) is 0 Å². The molecule has 2 nitrogen and oxygen atoms in total. The van der Waals surface area contributed by atoms with Gasteiger partial charge in [0.05, 0.1) is 0 Å². The molecule has 3 heteroatoms. The molecule has 1 atom stereocenters. The summed E-state index contributed by atoms with van der Waals surface area (Å²) < 4.78 is 2.13. The van der Waals surface area contributed by atoms with Crippen molar-refractivity contribution in [3.63, 3.8) is 0 Å². The predicted molar refractivity (Wildman–Crippen MR) is 65.3 cm³/mol. The van der Waals surface area contributed by atoms with Crippen LogP contribution >= 0.6 is 11.6 Å². The molecular formula is C12H15ClN2. The zero-order valence-electron chi connectivity index (χ0n) is 9.21. The summed E-state index contributed by atoms with van der Waals surface area (Å²) in [6, 6.07) is 6.00. The smallest absolute Gasteiger partial charge is 0.0498 e. The molecule has 0 aliphatic heterocycles. The first kappa shape index (κ1) is 10.5. The third kappa shape index (κ3) is 1.54. The standard InChI is InChI=1S/C12H15ClN2/c1-7-10-5-4-9(13)6-11(10)15(3)12(7)8(2)14/h4-6,8H,14H2,1-3H3. The number of benzene rings is 1. The van der Waals surface area contributed by atoms with Crippen molar-refractivity contribution < 1.29 is 0 Å². The fourth-order valence-electron chi connectivity index (χ4n) is 2.27. The maximum absolute atomic E-state index is 5.99. The van der Waals surface area contributed by atoms with Gasteiger partial charge in [-0.1, -0.05) is 17.7 Å². The van der Waals surface area contributed by atoms with E-state index in [1.165, 1.54) is 16.6 Å². The van der Waals surface area contributed by atoms with Gasteiger partial charge < -0.3 is 10.3 Å².